The molecule has 0 aliphatic carbocycles. The summed E-state index contributed by atoms with van der Waals surface area (Å²) in [7, 11) is 0. The van der Waals surface area contributed by atoms with Crippen molar-refractivity contribution in [2.45, 2.75) is 38.7 Å². The van der Waals surface area contributed by atoms with Crippen LogP contribution in [0.25, 0.3) is 0 Å². The van der Waals surface area contributed by atoms with E-state index >= 15 is 0 Å². The lowest BCUT2D eigenvalue weighted by molar-refractivity contribution is -0.188. The van der Waals surface area contributed by atoms with Gasteiger partial charge in [0.1, 0.15) is 6.04 Å². The zero-order valence-corrected chi connectivity index (χ0v) is 12.9. The number of carbonyl (C=O) groups excluding carboxylic acids is 1. The lowest BCUT2D eigenvalue weighted by Gasteiger charge is -2.29. The van der Waals surface area contributed by atoms with Crippen LogP contribution in [0.1, 0.15) is 20.3 Å². The van der Waals surface area contributed by atoms with Crippen LogP contribution in [0.4, 0.5) is 31.1 Å². The number of carboxylic acid groups (broad SMARTS) is 1. The number of rotatable bonds is 4. The van der Waals surface area contributed by atoms with Crippen molar-refractivity contribution in [2.24, 2.45) is 17.8 Å². The number of aliphatic carboxylic acids is 1. The average molecular weight is 364 g/mol. The van der Waals surface area contributed by atoms with E-state index in [-0.39, 0.29) is 6.42 Å². The summed E-state index contributed by atoms with van der Waals surface area (Å²) in [5.74, 6) is -6.94. The molecule has 2 unspecified atom stereocenters. The largest absolute Gasteiger partial charge is 0.481 e. The summed E-state index contributed by atoms with van der Waals surface area (Å²) in [6.45, 7) is 0.945. The molecule has 0 aromatic carbocycles. The molecule has 1 heterocycles. The fourth-order valence-corrected chi connectivity index (χ4v) is 2.56. The standard InChI is InChI=1S/C13H18F6N2O3/c1-3-6(2)9(13(17,18)19)20-11(24)21-4-7(10(22)23)8(5-21)12(14,15)16/h6-9H,3-5H2,1-2H3,(H,20,24)(H,22,23)/t6?,7-,8-,9?/m1/s1. The number of amides is 2. The molecule has 2 amide bonds. The average Bonchev–Trinajstić information content (AvgIpc) is 2.87. The van der Waals surface area contributed by atoms with Crippen LogP contribution < -0.4 is 5.32 Å². The Morgan fingerprint density at radius 2 is 1.75 bits per heavy atom. The number of nitrogens with one attached hydrogen (secondary N) is 1. The molecule has 1 aliphatic rings. The van der Waals surface area contributed by atoms with Gasteiger partial charge < -0.3 is 15.3 Å². The maximum atomic E-state index is 13.0. The molecule has 1 aliphatic heterocycles. The number of alkyl halides is 6. The molecule has 1 rings (SSSR count). The van der Waals surface area contributed by atoms with Gasteiger partial charge in [0.25, 0.3) is 0 Å². The summed E-state index contributed by atoms with van der Waals surface area (Å²) in [4.78, 5) is 23.3. The van der Waals surface area contributed by atoms with Gasteiger partial charge in [0, 0.05) is 13.1 Å². The van der Waals surface area contributed by atoms with Crippen molar-refractivity contribution in [3.8, 4) is 0 Å². The quantitative estimate of drug-likeness (QED) is 0.754. The Morgan fingerprint density at radius 3 is 2.08 bits per heavy atom. The summed E-state index contributed by atoms with van der Waals surface area (Å²) in [6.07, 6.45) is -9.54. The highest BCUT2D eigenvalue weighted by Gasteiger charge is 2.54. The Kier molecular flexibility index (Phi) is 5.99. The topological polar surface area (TPSA) is 69.6 Å². The zero-order chi connectivity index (χ0) is 18.9. The molecule has 0 spiro atoms. The number of nitrogens with zero attached hydrogens (tertiary/aromatic N) is 1. The van der Waals surface area contributed by atoms with E-state index in [1.165, 1.54) is 13.8 Å². The minimum absolute atomic E-state index is 0.0907. The Labute approximate surface area is 134 Å². The first-order chi connectivity index (χ1) is 10.8. The van der Waals surface area contributed by atoms with Crippen molar-refractivity contribution >= 4 is 12.0 Å². The third-order valence-electron chi connectivity index (χ3n) is 4.19. The van der Waals surface area contributed by atoms with Crippen LogP contribution in [0.2, 0.25) is 0 Å². The van der Waals surface area contributed by atoms with E-state index in [4.69, 9.17) is 5.11 Å². The van der Waals surface area contributed by atoms with Crippen LogP contribution in [-0.4, -0.2) is 53.5 Å². The monoisotopic (exact) mass is 364 g/mol. The highest BCUT2D eigenvalue weighted by molar-refractivity contribution is 5.78. The SMILES string of the molecule is CCC(C)C(NC(=O)N1C[C@@H](C(F)(F)F)[C@H](C(=O)O)C1)C(F)(F)F. The lowest BCUT2D eigenvalue weighted by Crippen LogP contribution is -2.53. The first kappa shape index (κ1) is 20.4. The van der Waals surface area contributed by atoms with E-state index in [0.717, 1.165) is 0 Å². The molecular formula is C13H18F6N2O3. The van der Waals surface area contributed by atoms with E-state index in [9.17, 15) is 35.9 Å². The molecule has 0 bridgehead atoms. The van der Waals surface area contributed by atoms with Crippen LogP contribution in [0.3, 0.4) is 0 Å². The molecule has 24 heavy (non-hydrogen) atoms. The van der Waals surface area contributed by atoms with Gasteiger partial charge in [0.15, 0.2) is 0 Å². The fraction of sp³-hybridized carbons (Fsp3) is 0.846. The van der Waals surface area contributed by atoms with Crippen molar-refractivity contribution in [1.82, 2.24) is 10.2 Å². The zero-order valence-electron chi connectivity index (χ0n) is 12.9. The van der Waals surface area contributed by atoms with Gasteiger partial charge in [-0.15, -0.1) is 0 Å². The minimum Gasteiger partial charge on any atom is -0.481 e. The highest BCUT2D eigenvalue weighted by atomic mass is 19.4. The van der Waals surface area contributed by atoms with Crippen LogP contribution in [0, 0.1) is 17.8 Å². The molecule has 0 radical (unpaired) electrons. The first-order valence-corrected chi connectivity index (χ1v) is 7.20. The summed E-state index contributed by atoms with van der Waals surface area (Å²) in [5.41, 5.74) is 0. The van der Waals surface area contributed by atoms with Crippen LogP contribution in [-0.2, 0) is 4.79 Å². The number of carboxylic acids is 1. The molecule has 2 N–H and O–H groups in total. The molecule has 11 heteroatoms. The number of hydrogen-bond donors (Lipinski definition) is 2. The molecule has 0 aromatic heterocycles. The molecule has 0 saturated carbocycles. The molecule has 140 valence electrons. The molecule has 1 fully saturated rings. The smallest absolute Gasteiger partial charge is 0.408 e. The van der Waals surface area contributed by atoms with Gasteiger partial charge in [-0.1, -0.05) is 20.3 Å². The second-order valence-electron chi connectivity index (χ2n) is 5.85. The van der Waals surface area contributed by atoms with Crippen molar-refractivity contribution in [3.63, 3.8) is 0 Å². The summed E-state index contributed by atoms with van der Waals surface area (Å²) >= 11 is 0. The lowest BCUT2D eigenvalue weighted by atomic mass is 9.96. The van der Waals surface area contributed by atoms with Crippen LogP contribution >= 0.6 is 0 Å². The van der Waals surface area contributed by atoms with Crippen LogP contribution in [0.5, 0.6) is 0 Å². The van der Waals surface area contributed by atoms with Crippen molar-refractivity contribution < 1.29 is 41.0 Å². The maximum Gasteiger partial charge on any atom is 0.408 e. The van der Waals surface area contributed by atoms with Crippen molar-refractivity contribution in [2.75, 3.05) is 13.1 Å². The maximum absolute atomic E-state index is 13.0. The van der Waals surface area contributed by atoms with Gasteiger partial charge in [-0.05, 0) is 5.92 Å². The number of likely N-dealkylation sites (tertiary alicyclic amines) is 1. The minimum atomic E-state index is -4.86. The third-order valence-corrected chi connectivity index (χ3v) is 4.19. The molecule has 0 aromatic rings. The van der Waals surface area contributed by atoms with Gasteiger partial charge >= 0.3 is 24.4 Å². The highest BCUT2D eigenvalue weighted by Crippen LogP contribution is 2.38. The van der Waals surface area contributed by atoms with E-state index in [0.29, 0.717) is 4.90 Å². The van der Waals surface area contributed by atoms with Crippen molar-refractivity contribution in [3.05, 3.63) is 0 Å². The Balaban J connectivity index is 2.90. The summed E-state index contributed by atoms with van der Waals surface area (Å²) in [5, 5.41) is 10.5. The fourth-order valence-electron chi connectivity index (χ4n) is 2.56. The third kappa shape index (κ3) is 4.67. The van der Waals surface area contributed by atoms with E-state index in [1.807, 2.05) is 0 Å². The second-order valence-corrected chi connectivity index (χ2v) is 5.85. The molecule has 5 nitrogen and oxygen atoms in total. The number of hydrogen-bond acceptors (Lipinski definition) is 2. The van der Waals surface area contributed by atoms with Gasteiger partial charge in [0.05, 0.1) is 11.8 Å². The molecule has 4 atom stereocenters. The van der Waals surface area contributed by atoms with E-state index in [2.05, 4.69) is 0 Å². The number of urea groups is 1. The van der Waals surface area contributed by atoms with Gasteiger partial charge in [-0.3, -0.25) is 4.79 Å². The van der Waals surface area contributed by atoms with E-state index in [1.54, 1.807) is 5.32 Å². The second kappa shape index (κ2) is 7.06. The predicted molar refractivity (Wildman–Crippen MR) is 70.1 cm³/mol. The molecular weight excluding hydrogens is 346 g/mol. The summed E-state index contributed by atoms with van der Waals surface area (Å²) in [6, 6.07) is -3.57. The normalized spacial score (nSPS) is 24.6. The Hall–Kier alpha value is -1.68. The van der Waals surface area contributed by atoms with Gasteiger partial charge in [0.2, 0.25) is 0 Å². The van der Waals surface area contributed by atoms with Gasteiger partial charge in [-0.2, -0.15) is 26.3 Å². The Bertz CT molecular complexity index is 479. The molecule has 1 saturated heterocycles. The van der Waals surface area contributed by atoms with Crippen molar-refractivity contribution in [1.29, 1.82) is 0 Å². The van der Waals surface area contributed by atoms with Gasteiger partial charge in [-0.25, -0.2) is 4.79 Å². The summed E-state index contributed by atoms with van der Waals surface area (Å²) < 4.78 is 77.4. The number of carbonyl (C=O) groups is 2. The Morgan fingerprint density at radius 1 is 1.21 bits per heavy atom. The van der Waals surface area contributed by atoms with E-state index < -0.39 is 61.2 Å². The predicted octanol–water partition coefficient (Wildman–Crippen LogP) is 2.87. The van der Waals surface area contributed by atoms with Crippen LogP contribution in [0.15, 0.2) is 0 Å². The first-order valence-electron chi connectivity index (χ1n) is 7.20. The number of halogens is 6.